The summed E-state index contributed by atoms with van der Waals surface area (Å²) in [4.78, 5) is 0. The molecule has 1 aromatic carbocycles. The lowest BCUT2D eigenvalue weighted by atomic mass is 10.1. The van der Waals surface area contributed by atoms with Crippen LogP contribution in [0, 0.1) is 21.8 Å². The van der Waals surface area contributed by atoms with Crippen LogP contribution in [-0.4, -0.2) is 0 Å². The number of nitrogens with zero attached hydrogens (tertiary/aromatic N) is 1. The topological polar surface area (TPSA) is 49.8 Å². The molecule has 2 N–H and O–H groups in total. The third-order valence-electron chi connectivity index (χ3n) is 1.39. The molecule has 0 bridgehead atoms. The number of aryl methyl sites for hydroxylation is 1. The van der Waals surface area contributed by atoms with Crippen molar-refractivity contribution < 1.29 is 0 Å². The van der Waals surface area contributed by atoms with Gasteiger partial charge in [-0.3, -0.25) is 0 Å². The van der Waals surface area contributed by atoms with Crippen molar-refractivity contribution in [3.8, 4) is 6.07 Å². The molecule has 0 saturated heterocycles. The predicted molar refractivity (Wildman–Crippen MR) is 53.0 cm³/mol. The van der Waals surface area contributed by atoms with E-state index in [2.05, 4.69) is 22.6 Å². The van der Waals surface area contributed by atoms with Gasteiger partial charge < -0.3 is 5.73 Å². The SMILES string of the molecule is Cc1cc(I)c(N)c(C#N)c1. The summed E-state index contributed by atoms with van der Waals surface area (Å²) < 4.78 is 0.944. The lowest BCUT2D eigenvalue weighted by molar-refractivity contribution is 1.40. The van der Waals surface area contributed by atoms with Crippen molar-refractivity contribution in [1.82, 2.24) is 0 Å². The van der Waals surface area contributed by atoms with E-state index in [4.69, 9.17) is 11.0 Å². The average Bonchev–Trinajstić information content (AvgIpc) is 1.96. The van der Waals surface area contributed by atoms with E-state index in [1.165, 1.54) is 0 Å². The van der Waals surface area contributed by atoms with Crippen molar-refractivity contribution in [2.75, 3.05) is 5.73 Å². The largest absolute Gasteiger partial charge is 0.397 e. The van der Waals surface area contributed by atoms with E-state index < -0.39 is 0 Å². The van der Waals surface area contributed by atoms with Gasteiger partial charge in [0, 0.05) is 3.57 Å². The molecule has 0 fully saturated rings. The Morgan fingerprint density at radius 2 is 2.18 bits per heavy atom. The summed E-state index contributed by atoms with van der Waals surface area (Å²) in [5, 5.41) is 8.63. The second-order valence-electron chi connectivity index (χ2n) is 2.32. The van der Waals surface area contributed by atoms with Crippen LogP contribution in [0.3, 0.4) is 0 Å². The first kappa shape index (κ1) is 8.34. The van der Waals surface area contributed by atoms with Gasteiger partial charge in [-0.2, -0.15) is 5.26 Å². The number of hydrogen-bond donors (Lipinski definition) is 1. The molecule has 0 unspecified atom stereocenters. The van der Waals surface area contributed by atoms with Gasteiger partial charge in [-0.05, 0) is 47.2 Å². The Morgan fingerprint density at radius 3 is 2.73 bits per heavy atom. The Hall–Kier alpha value is -0.760. The Balaban J connectivity index is 3.39. The molecule has 0 amide bonds. The molecule has 0 aliphatic carbocycles. The molecule has 56 valence electrons. The molecule has 0 heterocycles. The normalized spacial score (nSPS) is 9.18. The van der Waals surface area contributed by atoms with E-state index in [0.29, 0.717) is 11.3 Å². The number of nitrogen functional groups attached to an aromatic ring is 1. The van der Waals surface area contributed by atoms with Crippen molar-refractivity contribution in [2.45, 2.75) is 6.92 Å². The van der Waals surface area contributed by atoms with Crippen molar-refractivity contribution in [3.05, 3.63) is 26.8 Å². The summed E-state index contributed by atoms with van der Waals surface area (Å²) in [7, 11) is 0. The van der Waals surface area contributed by atoms with Gasteiger partial charge in [0.05, 0.1) is 11.3 Å². The summed E-state index contributed by atoms with van der Waals surface area (Å²) >= 11 is 2.12. The van der Waals surface area contributed by atoms with Crippen LogP contribution in [0.4, 0.5) is 5.69 Å². The first-order valence-corrected chi connectivity index (χ1v) is 4.18. The second kappa shape index (κ2) is 3.09. The molecule has 0 aromatic heterocycles. The highest BCUT2D eigenvalue weighted by Gasteiger charge is 2.02. The first-order chi connectivity index (χ1) is 5.15. The Morgan fingerprint density at radius 1 is 1.55 bits per heavy atom. The Labute approximate surface area is 79.2 Å². The van der Waals surface area contributed by atoms with Gasteiger partial charge in [0.15, 0.2) is 0 Å². The second-order valence-corrected chi connectivity index (χ2v) is 3.48. The molecule has 0 spiro atoms. The lowest BCUT2D eigenvalue weighted by Gasteiger charge is -2.01. The number of anilines is 1. The van der Waals surface area contributed by atoms with Crippen molar-refractivity contribution >= 4 is 28.3 Å². The molecule has 0 aliphatic rings. The van der Waals surface area contributed by atoms with Gasteiger partial charge in [-0.25, -0.2) is 0 Å². The molecule has 1 aromatic rings. The van der Waals surface area contributed by atoms with Gasteiger partial charge in [-0.1, -0.05) is 0 Å². The minimum absolute atomic E-state index is 0.564. The number of nitriles is 1. The molecule has 0 radical (unpaired) electrons. The highest BCUT2D eigenvalue weighted by atomic mass is 127. The molecular formula is C8H7IN2. The predicted octanol–water partition coefficient (Wildman–Crippen LogP) is 2.05. The minimum atomic E-state index is 0.564. The lowest BCUT2D eigenvalue weighted by Crippen LogP contribution is -1.94. The fourth-order valence-corrected chi connectivity index (χ4v) is 1.63. The van der Waals surface area contributed by atoms with E-state index in [1.807, 2.05) is 19.1 Å². The number of benzene rings is 1. The molecule has 0 atom stereocenters. The molecule has 11 heavy (non-hydrogen) atoms. The maximum Gasteiger partial charge on any atom is 0.101 e. The van der Waals surface area contributed by atoms with Crippen LogP contribution in [0.25, 0.3) is 0 Å². The fourth-order valence-electron chi connectivity index (χ4n) is 0.846. The molecule has 0 saturated carbocycles. The van der Waals surface area contributed by atoms with Crippen molar-refractivity contribution in [2.24, 2.45) is 0 Å². The maximum atomic E-state index is 8.63. The molecule has 0 aliphatic heterocycles. The number of halogens is 1. The number of rotatable bonds is 0. The van der Waals surface area contributed by atoms with E-state index >= 15 is 0 Å². The van der Waals surface area contributed by atoms with Crippen molar-refractivity contribution in [1.29, 1.82) is 5.26 Å². The van der Waals surface area contributed by atoms with Gasteiger partial charge in [0.25, 0.3) is 0 Å². The van der Waals surface area contributed by atoms with Gasteiger partial charge in [0.2, 0.25) is 0 Å². The van der Waals surface area contributed by atoms with Crippen molar-refractivity contribution in [3.63, 3.8) is 0 Å². The third kappa shape index (κ3) is 1.63. The fraction of sp³-hybridized carbons (Fsp3) is 0.125. The van der Waals surface area contributed by atoms with E-state index in [9.17, 15) is 0 Å². The summed E-state index contributed by atoms with van der Waals surface area (Å²) in [5.41, 5.74) is 7.85. The standard InChI is InChI=1S/C8H7IN2/c1-5-2-6(4-10)8(11)7(9)3-5/h2-3H,11H2,1H3. The Kier molecular flexibility index (Phi) is 2.35. The smallest absolute Gasteiger partial charge is 0.101 e. The van der Waals surface area contributed by atoms with E-state index in [1.54, 1.807) is 6.07 Å². The van der Waals surface area contributed by atoms with Crippen LogP contribution in [0.15, 0.2) is 12.1 Å². The zero-order chi connectivity index (χ0) is 8.43. The van der Waals surface area contributed by atoms with Crippen LogP contribution in [0.2, 0.25) is 0 Å². The van der Waals surface area contributed by atoms with Crippen LogP contribution in [0.1, 0.15) is 11.1 Å². The van der Waals surface area contributed by atoms with Crippen LogP contribution >= 0.6 is 22.6 Å². The molecule has 1 rings (SSSR count). The zero-order valence-corrected chi connectivity index (χ0v) is 8.21. The highest BCUT2D eigenvalue weighted by Crippen LogP contribution is 2.20. The highest BCUT2D eigenvalue weighted by molar-refractivity contribution is 14.1. The summed E-state index contributed by atoms with van der Waals surface area (Å²) in [6.07, 6.45) is 0. The minimum Gasteiger partial charge on any atom is -0.397 e. The summed E-state index contributed by atoms with van der Waals surface area (Å²) in [6.45, 7) is 1.95. The quantitative estimate of drug-likeness (QED) is 0.572. The summed E-state index contributed by atoms with van der Waals surface area (Å²) in [5.74, 6) is 0. The zero-order valence-electron chi connectivity index (χ0n) is 6.06. The Bertz CT molecular complexity index is 326. The third-order valence-corrected chi connectivity index (χ3v) is 2.29. The van der Waals surface area contributed by atoms with Gasteiger partial charge in [0.1, 0.15) is 6.07 Å². The first-order valence-electron chi connectivity index (χ1n) is 3.11. The molecular weight excluding hydrogens is 251 g/mol. The van der Waals surface area contributed by atoms with Gasteiger partial charge in [-0.15, -0.1) is 0 Å². The van der Waals surface area contributed by atoms with Crippen LogP contribution in [0.5, 0.6) is 0 Å². The van der Waals surface area contributed by atoms with E-state index in [-0.39, 0.29) is 0 Å². The maximum absolute atomic E-state index is 8.63. The monoisotopic (exact) mass is 258 g/mol. The van der Waals surface area contributed by atoms with E-state index in [0.717, 1.165) is 9.13 Å². The summed E-state index contributed by atoms with van der Waals surface area (Å²) in [6, 6.07) is 5.79. The molecule has 3 heteroatoms. The number of nitrogens with two attached hydrogens (primary N) is 1. The van der Waals surface area contributed by atoms with Crippen LogP contribution < -0.4 is 5.73 Å². The average molecular weight is 258 g/mol. The molecule has 2 nitrogen and oxygen atoms in total. The van der Waals surface area contributed by atoms with Crippen LogP contribution in [-0.2, 0) is 0 Å². The van der Waals surface area contributed by atoms with Gasteiger partial charge >= 0.3 is 0 Å². The number of hydrogen-bond acceptors (Lipinski definition) is 2.